The number of allylic oxidation sites excluding steroid dienone is 1. The average Bonchev–Trinajstić information content (AvgIpc) is 1.61. The molecule has 1 radical (unpaired) electrons. The second-order valence-electron chi connectivity index (χ2n) is 1.96. The zero-order chi connectivity index (χ0) is 5.70. The van der Waals surface area contributed by atoms with Gasteiger partial charge in [0.1, 0.15) is 7.28 Å². The Morgan fingerprint density at radius 3 is 2.14 bits per heavy atom. The van der Waals surface area contributed by atoms with Crippen LogP contribution < -0.4 is 0 Å². The Morgan fingerprint density at radius 2 is 2.00 bits per heavy atom. The summed E-state index contributed by atoms with van der Waals surface area (Å²) in [7, 11) is 2.17. The van der Waals surface area contributed by atoms with E-state index in [2.05, 4.69) is 27.1 Å². The van der Waals surface area contributed by atoms with Crippen LogP contribution in [0.3, 0.4) is 0 Å². The lowest BCUT2D eigenvalue weighted by Crippen LogP contribution is -1.87. The van der Waals surface area contributed by atoms with E-state index in [-0.39, 0.29) is 0 Å². The van der Waals surface area contributed by atoms with Crippen molar-refractivity contribution in [3.8, 4) is 0 Å². The van der Waals surface area contributed by atoms with Crippen molar-refractivity contribution in [1.29, 1.82) is 0 Å². The molecule has 0 aliphatic carbocycles. The van der Waals surface area contributed by atoms with Gasteiger partial charge in [0.15, 0.2) is 0 Å². The zero-order valence-electron chi connectivity index (χ0n) is 5.31. The van der Waals surface area contributed by atoms with Gasteiger partial charge in [0.2, 0.25) is 0 Å². The molecule has 0 rings (SSSR count). The fraction of sp³-hybridized carbons (Fsp3) is 0.667. The molecule has 0 aliphatic rings. The van der Waals surface area contributed by atoms with Crippen LogP contribution in [0.25, 0.3) is 0 Å². The van der Waals surface area contributed by atoms with E-state index in [4.69, 9.17) is 0 Å². The first-order chi connectivity index (χ1) is 3.27. The first-order valence-corrected chi connectivity index (χ1v) is 2.73. The molecule has 0 spiro atoms. The van der Waals surface area contributed by atoms with E-state index < -0.39 is 0 Å². The highest BCUT2D eigenvalue weighted by molar-refractivity contribution is 6.43. The standard InChI is InChI=1S/C6H12B/c1-4-5-7-6(2)3/h4-6H,1-3H3/b5-4-. The predicted octanol–water partition coefficient (Wildman–Crippen LogP) is 2.05. The highest BCUT2D eigenvalue weighted by Gasteiger charge is 1.87. The first-order valence-electron chi connectivity index (χ1n) is 2.73. The van der Waals surface area contributed by atoms with E-state index in [0.29, 0.717) is 5.82 Å². The van der Waals surface area contributed by atoms with Crippen molar-refractivity contribution in [3.63, 3.8) is 0 Å². The summed E-state index contributed by atoms with van der Waals surface area (Å²) in [6, 6.07) is 0. The van der Waals surface area contributed by atoms with Gasteiger partial charge in [0.05, 0.1) is 0 Å². The van der Waals surface area contributed by atoms with Crippen molar-refractivity contribution in [2.75, 3.05) is 0 Å². The van der Waals surface area contributed by atoms with E-state index in [1.165, 1.54) is 0 Å². The molecule has 0 fully saturated rings. The molecule has 0 saturated carbocycles. The number of hydrogen-bond acceptors (Lipinski definition) is 0. The quantitative estimate of drug-likeness (QED) is 0.460. The van der Waals surface area contributed by atoms with Gasteiger partial charge >= 0.3 is 0 Å². The minimum Gasteiger partial charge on any atom is -0.127 e. The molecule has 1 heteroatoms. The van der Waals surface area contributed by atoms with Crippen LogP contribution in [-0.2, 0) is 0 Å². The van der Waals surface area contributed by atoms with Crippen LogP contribution in [0.4, 0.5) is 0 Å². The molecule has 0 aliphatic heterocycles. The lowest BCUT2D eigenvalue weighted by atomic mass is 9.66. The Kier molecular flexibility index (Phi) is 3.87. The molecule has 0 bridgehead atoms. The smallest absolute Gasteiger partial charge is 0.127 e. The van der Waals surface area contributed by atoms with Crippen LogP contribution in [0.1, 0.15) is 20.8 Å². The summed E-state index contributed by atoms with van der Waals surface area (Å²) in [5.41, 5.74) is 0. The van der Waals surface area contributed by atoms with Gasteiger partial charge in [0.25, 0.3) is 0 Å². The van der Waals surface area contributed by atoms with E-state index >= 15 is 0 Å². The van der Waals surface area contributed by atoms with Crippen molar-refractivity contribution >= 4 is 7.28 Å². The molecule has 0 unspecified atom stereocenters. The normalized spacial score (nSPS) is 10.9. The van der Waals surface area contributed by atoms with Crippen molar-refractivity contribution in [2.24, 2.45) is 0 Å². The van der Waals surface area contributed by atoms with Gasteiger partial charge in [-0.15, -0.1) is 12.1 Å². The van der Waals surface area contributed by atoms with Gasteiger partial charge in [-0.1, -0.05) is 19.7 Å². The van der Waals surface area contributed by atoms with Crippen LogP contribution in [0, 0.1) is 0 Å². The third-order valence-corrected chi connectivity index (χ3v) is 0.688. The van der Waals surface area contributed by atoms with E-state index in [1.54, 1.807) is 0 Å². The number of hydrogen-bond donors (Lipinski definition) is 0. The maximum Gasteiger partial charge on any atom is 0.143 e. The Morgan fingerprint density at radius 1 is 1.43 bits per heavy atom. The second kappa shape index (κ2) is 3.98. The Hall–Kier alpha value is -0.195. The summed E-state index contributed by atoms with van der Waals surface area (Å²) >= 11 is 0. The monoisotopic (exact) mass is 95.1 g/mol. The Labute approximate surface area is 46.9 Å². The molecule has 0 heterocycles. The van der Waals surface area contributed by atoms with Crippen molar-refractivity contribution < 1.29 is 0 Å². The summed E-state index contributed by atoms with van der Waals surface area (Å²) in [5, 5.41) is 0. The molecule has 0 saturated heterocycles. The summed E-state index contributed by atoms with van der Waals surface area (Å²) in [5.74, 6) is 2.76. The van der Waals surface area contributed by atoms with E-state index in [1.807, 2.05) is 13.0 Å². The fourth-order valence-corrected chi connectivity index (χ4v) is 0.333. The third-order valence-electron chi connectivity index (χ3n) is 0.688. The largest absolute Gasteiger partial charge is 0.143 e. The molecule has 0 atom stereocenters. The van der Waals surface area contributed by atoms with Crippen LogP contribution >= 0.6 is 0 Å². The average molecular weight is 95.0 g/mol. The lowest BCUT2D eigenvalue weighted by Gasteiger charge is -1.91. The molecular formula is C6H12B. The minimum absolute atomic E-state index is 0.691. The second-order valence-corrected chi connectivity index (χ2v) is 1.96. The van der Waals surface area contributed by atoms with Gasteiger partial charge in [-0.05, 0) is 6.92 Å². The van der Waals surface area contributed by atoms with E-state index in [0.717, 1.165) is 0 Å². The summed E-state index contributed by atoms with van der Waals surface area (Å²) in [4.78, 5) is 0. The molecule has 0 amide bonds. The number of rotatable bonds is 2. The Bertz CT molecular complexity index is 55.2. The fourth-order valence-electron chi connectivity index (χ4n) is 0.333. The molecule has 0 aromatic heterocycles. The topological polar surface area (TPSA) is 0 Å². The zero-order valence-corrected chi connectivity index (χ0v) is 5.31. The van der Waals surface area contributed by atoms with Gasteiger partial charge in [-0.3, -0.25) is 0 Å². The first kappa shape index (κ1) is 6.80. The molecule has 0 nitrogen and oxygen atoms in total. The summed E-state index contributed by atoms with van der Waals surface area (Å²) < 4.78 is 0. The van der Waals surface area contributed by atoms with Crippen LogP contribution in [-0.4, -0.2) is 7.28 Å². The maximum atomic E-state index is 2.17. The van der Waals surface area contributed by atoms with Crippen molar-refractivity contribution in [3.05, 3.63) is 12.1 Å². The molecule has 0 aromatic rings. The van der Waals surface area contributed by atoms with Gasteiger partial charge in [0, 0.05) is 0 Å². The predicted molar refractivity (Wildman–Crippen MR) is 35.7 cm³/mol. The molecular weight excluding hydrogens is 82.9 g/mol. The van der Waals surface area contributed by atoms with Gasteiger partial charge in [-0.2, -0.15) is 0 Å². The third kappa shape index (κ3) is 5.80. The molecule has 0 N–H and O–H groups in total. The minimum atomic E-state index is 0.691. The van der Waals surface area contributed by atoms with Gasteiger partial charge < -0.3 is 0 Å². The molecule has 0 aromatic carbocycles. The van der Waals surface area contributed by atoms with Crippen LogP contribution in [0.5, 0.6) is 0 Å². The highest BCUT2D eigenvalue weighted by Crippen LogP contribution is 1.95. The van der Waals surface area contributed by atoms with Crippen molar-refractivity contribution in [2.45, 2.75) is 26.6 Å². The van der Waals surface area contributed by atoms with Crippen LogP contribution in [0.15, 0.2) is 12.1 Å². The van der Waals surface area contributed by atoms with E-state index in [9.17, 15) is 0 Å². The molecule has 39 valence electrons. The summed E-state index contributed by atoms with van der Waals surface area (Å²) in [6.07, 6.45) is 2.04. The maximum absolute atomic E-state index is 2.17. The SMILES string of the molecule is C/C=C\[B]C(C)C. The highest BCUT2D eigenvalue weighted by atomic mass is 13.7. The Balaban J connectivity index is 2.97. The summed E-state index contributed by atoms with van der Waals surface area (Å²) in [6.45, 7) is 6.36. The van der Waals surface area contributed by atoms with Gasteiger partial charge in [-0.25, -0.2) is 0 Å². The van der Waals surface area contributed by atoms with Crippen LogP contribution in [0.2, 0.25) is 5.82 Å². The van der Waals surface area contributed by atoms with Crippen molar-refractivity contribution in [1.82, 2.24) is 0 Å². The molecule has 7 heavy (non-hydrogen) atoms. The lowest BCUT2D eigenvalue weighted by molar-refractivity contribution is 1.07.